The van der Waals surface area contributed by atoms with Gasteiger partial charge < -0.3 is 10.7 Å². The fraction of sp³-hybridized carbons (Fsp3) is 0.182. The van der Waals surface area contributed by atoms with E-state index in [-0.39, 0.29) is 22.8 Å². The van der Waals surface area contributed by atoms with Crippen molar-refractivity contribution in [1.82, 2.24) is 20.3 Å². The van der Waals surface area contributed by atoms with Crippen LogP contribution in [0.25, 0.3) is 0 Å². The van der Waals surface area contributed by atoms with Gasteiger partial charge in [-0.1, -0.05) is 5.21 Å². The van der Waals surface area contributed by atoms with Crippen molar-refractivity contribution in [2.24, 2.45) is 5.84 Å². The van der Waals surface area contributed by atoms with Crippen LogP contribution in [0.1, 0.15) is 10.4 Å². The number of carbonyl (C=O) groups is 1. The van der Waals surface area contributed by atoms with Gasteiger partial charge >= 0.3 is 0 Å². The second-order valence-electron chi connectivity index (χ2n) is 4.06. The second kappa shape index (κ2) is 6.43. The van der Waals surface area contributed by atoms with Crippen molar-refractivity contribution in [2.45, 2.75) is 6.54 Å². The van der Waals surface area contributed by atoms with Crippen molar-refractivity contribution in [2.75, 3.05) is 12.0 Å². The number of benzene rings is 1. The van der Waals surface area contributed by atoms with Crippen LogP contribution in [0.4, 0.5) is 11.4 Å². The monoisotopic (exact) mass is 291 g/mol. The first kappa shape index (κ1) is 14.4. The first-order valence-electron chi connectivity index (χ1n) is 5.99. The number of aromatic nitrogens is 3. The number of nitrogens with one attached hydrogen (secondary N) is 2. The molecule has 0 spiro atoms. The standard InChI is InChI=1S/C11H13N7O3/c12-15-9-7-8(1-2-10(9)18(20)21)11(19)13-3-5-17-6-4-14-16-17/h1-2,4,6-7,15H,3,5,12H2,(H,13,19). The molecule has 4 N–H and O–H groups in total. The number of hydrazine groups is 1. The Kier molecular flexibility index (Phi) is 4.41. The molecule has 110 valence electrons. The van der Waals surface area contributed by atoms with Gasteiger partial charge in [-0.05, 0) is 12.1 Å². The van der Waals surface area contributed by atoms with Gasteiger partial charge in [0.2, 0.25) is 0 Å². The van der Waals surface area contributed by atoms with Crippen molar-refractivity contribution in [3.05, 3.63) is 46.3 Å². The second-order valence-corrected chi connectivity index (χ2v) is 4.06. The third-order valence-corrected chi connectivity index (χ3v) is 2.71. The van der Waals surface area contributed by atoms with Crippen LogP contribution in [0.15, 0.2) is 30.6 Å². The number of nitrogens with two attached hydrogens (primary N) is 1. The Morgan fingerprint density at radius 1 is 1.48 bits per heavy atom. The number of nitro groups is 1. The third-order valence-electron chi connectivity index (χ3n) is 2.71. The number of amides is 1. The van der Waals surface area contributed by atoms with Crippen molar-refractivity contribution < 1.29 is 9.72 Å². The van der Waals surface area contributed by atoms with Gasteiger partial charge in [-0.2, -0.15) is 0 Å². The van der Waals surface area contributed by atoms with E-state index in [1.165, 1.54) is 24.4 Å². The van der Waals surface area contributed by atoms with Gasteiger partial charge in [0, 0.05) is 24.4 Å². The van der Waals surface area contributed by atoms with E-state index < -0.39 is 4.92 Å². The van der Waals surface area contributed by atoms with Gasteiger partial charge in [0.05, 0.1) is 17.7 Å². The largest absolute Gasteiger partial charge is 0.350 e. The highest BCUT2D eigenvalue weighted by molar-refractivity contribution is 5.95. The predicted molar refractivity (Wildman–Crippen MR) is 73.3 cm³/mol. The minimum absolute atomic E-state index is 0.0731. The molecule has 0 fully saturated rings. The zero-order chi connectivity index (χ0) is 15.2. The molecule has 2 rings (SSSR count). The Labute approximate surface area is 119 Å². The van der Waals surface area contributed by atoms with Gasteiger partial charge in [0.1, 0.15) is 5.69 Å². The number of hydrogen-bond donors (Lipinski definition) is 3. The molecule has 10 heteroatoms. The van der Waals surface area contributed by atoms with Crippen LogP contribution < -0.4 is 16.6 Å². The molecule has 0 aliphatic rings. The topological polar surface area (TPSA) is 141 Å². The van der Waals surface area contributed by atoms with Crippen molar-refractivity contribution in [1.29, 1.82) is 0 Å². The van der Waals surface area contributed by atoms with Crippen LogP contribution in [0.5, 0.6) is 0 Å². The summed E-state index contributed by atoms with van der Waals surface area (Å²) in [5.41, 5.74) is 2.35. The molecule has 0 saturated carbocycles. The highest BCUT2D eigenvalue weighted by Crippen LogP contribution is 2.24. The number of rotatable bonds is 6. The molecule has 0 radical (unpaired) electrons. The third kappa shape index (κ3) is 3.51. The van der Waals surface area contributed by atoms with Crippen molar-refractivity contribution in [3.8, 4) is 0 Å². The van der Waals surface area contributed by atoms with Gasteiger partial charge in [0.15, 0.2) is 0 Å². The van der Waals surface area contributed by atoms with E-state index >= 15 is 0 Å². The summed E-state index contributed by atoms with van der Waals surface area (Å²) in [5, 5.41) is 20.8. The van der Waals surface area contributed by atoms with Crippen LogP contribution >= 0.6 is 0 Å². The Hall–Kier alpha value is -3.01. The Balaban J connectivity index is 2.00. The van der Waals surface area contributed by atoms with Gasteiger partial charge in [0.25, 0.3) is 11.6 Å². The minimum Gasteiger partial charge on any atom is -0.350 e. The smallest absolute Gasteiger partial charge is 0.293 e. The fourth-order valence-electron chi connectivity index (χ4n) is 1.69. The molecule has 21 heavy (non-hydrogen) atoms. The number of hydrogen-bond acceptors (Lipinski definition) is 7. The van der Waals surface area contributed by atoms with E-state index in [1.807, 2.05) is 0 Å². The molecule has 0 aliphatic carbocycles. The average molecular weight is 291 g/mol. The fourth-order valence-corrected chi connectivity index (χ4v) is 1.69. The molecule has 0 atom stereocenters. The first-order chi connectivity index (χ1) is 10.1. The Morgan fingerprint density at radius 3 is 2.90 bits per heavy atom. The summed E-state index contributed by atoms with van der Waals surface area (Å²) >= 11 is 0. The Bertz CT molecular complexity index is 641. The lowest BCUT2D eigenvalue weighted by Gasteiger charge is -2.07. The molecule has 0 aliphatic heterocycles. The van der Waals surface area contributed by atoms with E-state index in [4.69, 9.17) is 5.84 Å². The number of anilines is 1. The number of nitrogen functional groups attached to an aromatic ring is 1. The summed E-state index contributed by atoms with van der Waals surface area (Å²) < 4.78 is 1.57. The van der Waals surface area contributed by atoms with Crippen LogP contribution in [-0.2, 0) is 6.54 Å². The first-order valence-corrected chi connectivity index (χ1v) is 5.99. The number of carbonyl (C=O) groups excluding carboxylic acids is 1. The average Bonchev–Trinajstić information content (AvgIpc) is 2.99. The lowest BCUT2D eigenvalue weighted by atomic mass is 10.1. The van der Waals surface area contributed by atoms with Crippen molar-refractivity contribution in [3.63, 3.8) is 0 Å². The summed E-state index contributed by atoms with van der Waals surface area (Å²) in [7, 11) is 0. The molecule has 0 saturated heterocycles. The minimum atomic E-state index is -0.582. The normalized spacial score (nSPS) is 10.1. The molecule has 0 unspecified atom stereocenters. The lowest BCUT2D eigenvalue weighted by Crippen LogP contribution is -2.27. The molecule has 10 nitrogen and oxygen atoms in total. The number of nitrogens with zero attached hydrogens (tertiary/aromatic N) is 4. The van der Waals surface area contributed by atoms with E-state index in [2.05, 4.69) is 21.1 Å². The molecule has 2 aromatic rings. The van der Waals surface area contributed by atoms with Crippen LogP contribution in [0.2, 0.25) is 0 Å². The highest BCUT2D eigenvalue weighted by atomic mass is 16.6. The van der Waals surface area contributed by atoms with Crippen LogP contribution in [-0.4, -0.2) is 32.4 Å². The van der Waals surface area contributed by atoms with E-state index in [1.54, 1.807) is 10.9 Å². The van der Waals surface area contributed by atoms with Gasteiger partial charge in [-0.25, -0.2) is 0 Å². The molecule has 1 heterocycles. The van der Waals surface area contributed by atoms with E-state index in [9.17, 15) is 14.9 Å². The quantitative estimate of drug-likeness (QED) is 0.383. The molecule has 1 amide bonds. The van der Waals surface area contributed by atoms with E-state index in [0.717, 1.165) is 0 Å². The maximum atomic E-state index is 11.9. The summed E-state index contributed by atoms with van der Waals surface area (Å²) in [6.07, 6.45) is 3.21. The van der Waals surface area contributed by atoms with E-state index in [0.29, 0.717) is 13.1 Å². The lowest BCUT2D eigenvalue weighted by molar-refractivity contribution is -0.384. The van der Waals surface area contributed by atoms with Gasteiger partial charge in [-0.3, -0.25) is 25.4 Å². The Morgan fingerprint density at radius 2 is 2.29 bits per heavy atom. The molecule has 0 bridgehead atoms. The molecule has 1 aromatic carbocycles. The summed E-state index contributed by atoms with van der Waals surface area (Å²) in [4.78, 5) is 22.1. The maximum Gasteiger partial charge on any atom is 0.293 e. The SMILES string of the molecule is NNc1cc(C(=O)NCCn2ccnn2)ccc1[N+](=O)[O-]. The number of nitro benzene ring substituents is 1. The zero-order valence-electron chi connectivity index (χ0n) is 10.9. The molecular formula is C11H13N7O3. The van der Waals surface area contributed by atoms with Crippen LogP contribution in [0, 0.1) is 10.1 Å². The highest BCUT2D eigenvalue weighted by Gasteiger charge is 2.15. The molecular weight excluding hydrogens is 278 g/mol. The summed E-state index contributed by atoms with van der Waals surface area (Å²) in [6, 6.07) is 3.91. The summed E-state index contributed by atoms with van der Waals surface area (Å²) in [6.45, 7) is 0.825. The van der Waals surface area contributed by atoms with Crippen LogP contribution in [0.3, 0.4) is 0 Å². The maximum absolute atomic E-state index is 11.9. The summed E-state index contributed by atoms with van der Waals surface area (Å²) in [5.74, 6) is 4.86. The predicted octanol–water partition coefficient (Wildman–Crippen LogP) is -0.0981. The molecule has 1 aromatic heterocycles. The van der Waals surface area contributed by atoms with Crippen molar-refractivity contribution >= 4 is 17.3 Å². The zero-order valence-corrected chi connectivity index (χ0v) is 10.9. The van der Waals surface area contributed by atoms with Gasteiger partial charge in [-0.15, -0.1) is 5.10 Å².